The molecular formula is C6H20Cl2NSiZr. The minimum atomic E-state index is 0. The summed E-state index contributed by atoms with van der Waals surface area (Å²) in [6.07, 6.45) is 0. The second-order valence-corrected chi connectivity index (χ2v) is 5.11. The van der Waals surface area contributed by atoms with Gasteiger partial charge in [-0.05, 0) is 0 Å². The van der Waals surface area contributed by atoms with Gasteiger partial charge in [-0.15, -0.1) is 24.8 Å². The summed E-state index contributed by atoms with van der Waals surface area (Å²) in [5.41, 5.74) is 0.332. The zero-order valence-corrected chi connectivity index (χ0v) is 13.5. The van der Waals surface area contributed by atoms with Crippen LogP contribution in [0.2, 0.25) is 13.1 Å². The Morgan fingerprint density at radius 1 is 1.09 bits per heavy atom. The average Bonchev–Trinajstić information content (AvgIpc) is 1.67. The van der Waals surface area contributed by atoms with E-state index in [2.05, 4.69) is 37.1 Å². The molecule has 0 rings (SSSR count). The van der Waals surface area contributed by atoms with Crippen LogP contribution in [0.5, 0.6) is 0 Å². The van der Waals surface area contributed by atoms with Gasteiger partial charge in [0.2, 0.25) is 0 Å². The van der Waals surface area contributed by atoms with Crippen molar-refractivity contribution in [1.82, 2.24) is 3.26 Å². The predicted octanol–water partition coefficient (Wildman–Crippen LogP) is 1.93. The van der Waals surface area contributed by atoms with Crippen molar-refractivity contribution in [2.24, 2.45) is 0 Å². The maximum atomic E-state index is 3.19. The molecule has 11 heavy (non-hydrogen) atoms. The third-order valence-electron chi connectivity index (χ3n) is 0.375. The van der Waals surface area contributed by atoms with Crippen LogP contribution in [0, 0.1) is 0 Å². The van der Waals surface area contributed by atoms with Crippen LogP contribution in [-0.4, -0.2) is 15.1 Å². The molecule has 0 spiro atoms. The van der Waals surface area contributed by atoms with Crippen LogP contribution in [0.3, 0.4) is 0 Å². The molecule has 0 fully saturated rings. The third kappa shape index (κ3) is 50.2. The molecule has 0 radical (unpaired) electrons. The van der Waals surface area contributed by atoms with E-state index in [0.717, 1.165) is 0 Å². The maximum Gasteiger partial charge on any atom is 0.0135 e. The number of hydrogen-bond donors (Lipinski definition) is 1. The van der Waals surface area contributed by atoms with Crippen LogP contribution in [0.1, 0.15) is 20.8 Å². The topological polar surface area (TPSA) is 12.0 Å². The smallest absolute Gasteiger partial charge is 0.0135 e. The first-order valence-corrected chi connectivity index (χ1v) is 7.47. The van der Waals surface area contributed by atoms with Crippen molar-refractivity contribution >= 4 is 34.3 Å². The molecular weight excluding hydrogens is 276 g/mol. The van der Waals surface area contributed by atoms with Crippen LogP contribution in [-0.2, 0) is 25.0 Å². The number of hydrogen-bond acceptors (Lipinski definition) is 1. The van der Waals surface area contributed by atoms with E-state index >= 15 is 0 Å². The molecule has 1 N–H and O–H groups in total. The summed E-state index contributed by atoms with van der Waals surface area (Å²) in [4.78, 5) is 0. The van der Waals surface area contributed by atoms with E-state index in [-0.39, 0.29) is 24.8 Å². The Morgan fingerprint density at radius 3 is 1.18 bits per heavy atom. The fraction of sp³-hybridized carbons (Fsp3) is 1.00. The van der Waals surface area contributed by atoms with E-state index in [1.165, 1.54) is 25.0 Å². The minimum absolute atomic E-state index is 0. The summed E-state index contributed by atoms with van der Waals surface area (Å²) in [5.74, 6) is 0. The Morgan fingerprint density at radius 2 is 1.18 bits per heavy atom. The first kappa shape index (κ1) is 22.9. The first-order chi connectivity index (χ1) is 3.97. The first-order valence-electron chi connectivity index (χ1n) is 3.41. The third-order valence-corrected chi connectivity index (χ3v) is 2.22. The Balaban J connectivity index is -0.0000000437. The number of rotatable bonds is 0. The van der Waals surface area contributed by atoms with Crippen molar-refractivity contribution < 1.29 is 25.0 Å². The van der Waals surface area contributed by atoms with E-state index < -0.39 is 0 Å². The molecule has 0 aliphatic heterocycles. The van der Waals surface area contributed by atoms with Crippen LogP contribution in [0.4, 0.5) is 0 Å². The van der Waals surface area contributed by atoms with Crippen molar-refractivity contribution in [1.29, 1.82) is 0 Å². The quantitative estimate of drug-likeness (QED) is 0.674. The van der Waals surface area contributed by atoms with E-state index in [1.54, 1.807) is 0 Å². The zero-order valence-electron chi connectivity index (χ0n) is 8.02. The molecule has 0 saturated heterocycles. The second-order valence-electron chi connectivity index (χ2n) is 3.08. The fourth-order valence-corrected chi connectivity index (χ4v) is 0. The number of halogens is 2. The van der Waals surface area contributed by atoms with Crippen LogP contribution < -0.4 is 3.26 Å². The van der Waals surface area contributed by atoms with Crippen LogP contribution in [0.25, 0.3) is 0 Å². The standard InChI is InChI=1S/C4H10N.C2H8Si.2ClH.Zr/c1-4(2,3)5;1-3-2;;;/h5H,1-3H3;3H2,1-2H3;2*1H;/q-1;;;;+1. The summed E-state index contributed by atoms with van der Waals surface area (Å²) < 4.78 is 3.19. The summed E-state index contributed by atoms with van der Waals surface area (Å²) in [7, 11) is 0.417. The van der Waals surface area contributed by atoms with Gasteiger partial charge in [-0.25, -0.2) is 0 Å². The molecule has 0 aliphatic rings. The van der Waals surface area contributed by atoms with Gasteiger partial charge in [0.05, 0.1) is 0 Å². The van der Waals surface area contributed by atoms with E-state index in [9.17, 15) is 0 Å². The molecule has 0 heterocycles. The Kier molecular flexibility index (Phi) is 29.6. The molecule has 0 aromatic heterocycles. The number of nitrogens with one attached hydrogen (secondary N) is 1. The molecule has 71 valence electrons. The van der Waals surface area contributed by atoms with Gasteiger partial charge < -0.3 is 0 Å². The fourth-order valence-electron chi connectivity index (χ4n) is 0. The van der Waals surface area contributed by atoms with Gasteiger partial charge in [0.25, 0.3) is 0 Å². The van der Waals surface area contributed by atoms with Crippen molar-refractivity contribution in [3.8, 4) is 0 Å². The Bertz CT molecular complexity index is 59.0. The second kappa shape index (κ2) is 14.2. The molecule has 0 unspecified atom stereocenters. The molecule has 1 nitrogen and oxygen atoms in total. The molecule has 0 aromatic rings. The molecule has 5 heteroatoms. The molecule has 0 aliphatic carbocycles. The van der Waals surface area contributed by atoms with Gasteiger partial charge in [-0.3, -0.25) is 0 Å². The molecule has 0 bridgehead atoms. The monoisotopic (exact) mass is 294 g/mol. The van der Waals surface area contributed by atoms with E-state index in [4.69, 9.17) is 0 Å². The van der Waals surface area contributed by atoms with Gasteiger partial charge in [0, 0.05) is 9.52 Å². The normalized spacial score (nSPS) is 8.00. The molecule has 0 atom stereocenters. The van der Waals surface area contributed by atoms with Crippen LogP contribution in [0.15, 0.2) is 0 Å². The van der Waals surface area contributed by atoms with Crippen molar-refractivity contribution in [2.45, 2.75) is 39.4 Å². The van der Waals surface area contributed by atoms with E-state index in [1.807, 2.05) is 0 Å². The minimum Gasteiger partial charge on any atom is -0.147 e. The Hall–Kier alpha value is 1.64. The van der Waals surface area contributed by atoms with Gasteiger partial charge in [-0.2, -0.15) is 0 Å². The summed E-state index contributed by atoms with van der Waals surface area (Å²) >= 11 is 1.40. The SMILES string of the molecule is CC(C)(C)[NH][Zr].C[SiH2]C.Cl.Cl. The summed E-state index contributed by atoms with van der Waals surface area (Å²) in [5, 5.41) is 0. The van der Waals surface area contributed by atoms with Crippen molar-refractivity contribution in [2.75, 3.05) is 0 Å². The summed E-state index contributed by atoms with van der Waals surface area (Å²) in [6.45, 7) is 11.0. The molecule has 0 amide bonds. The van der Waals surface area contributed by atoms with Crippen molar-refractivity contribution in [3.05, 3.63) is 0 Å². The van der Waals surface area contributed by atoms with Gasteiger partial charge >= 0.3 is 54.6 Å². The van der Waals surface area contributed by atoms with Gasteiger partial charge in [-0.1, -0.05) is 13.1 Å². The zero-order chi connectivity index (χ0) is 7.91. The van der Waals surface area contributed by atoms with Crippen LogP contribution >= 0.6 is 24.8 Å². The largest absolute Gasteiger partial charge is 0.147 e. The molecule has 0 aromatic carbocycles. The predicted molar refractivity (Wildman–Crippen MR) is 57.7 cm³/mol. The summed E-state index contributed by atoms with van der Waals surface area (Å²) in [6, 6.07) is 0. The van der Waals surface area contributed by atoms with Crippen molar-refractivity contribution in [3.63, 3.8) is 0 Å². The molecule has 0 saturated carbocycles. The van der Waals surface area contributed by atoms with E-state index in [0.29, 0.717) is 15.1 Å². The average molecular weight is 296 g/mol. The van der Waals surface area contributed by atoms with Gasteiger partial charge in [0.1, 0.15) is 0 Å². The maximum absolute atomic E-state index is 3.19. The van der Waals surface area contributed by atoms with Gasteiger partial charge in [0.15, 0.2) is 0 Å². The Labute approximate surface area is 101 Å².